The molecule has 3 aromatic carbocycles. The molecular weight excluding hydrogens is 502 g/mol. The molecule has 0 bridgehead atoms. The second-order valence-corrected chi connectivity index (χ2v) is 8.08. The number of benzene rings is 3. The van der Waals surface area contributed by atoms with Crippen molar-refractivity contribution in [2.75, 3.05) is 49.8 Å². The molecule has 0 aromatic heterocycles. The molecule has 0 saturated carbocycles. The summed E-state index contributed by atoms with van der Waals surface area (Å²) < 4.78 is 37.9. The van der Waals surface area contributed by atoms with Crippen LogP contribution in [-0.4, -0.2) is 61.8 Å². The molecule has 0 radical (unpaired) electrons. The van der Waals surface area contributed by atoms with Gasteiger partial charge in [0.05, 0.1) is 49.8 Å². The molecule has 0 saturated heterocycles. The van der Waals surface area contributed by atoms with Gasteiger partial charge in [-0.2, -0.15) is 0 Å². The van der Waals surface area contributed by atoms with Gasteiger partial charge in [0, 0.05) is 18.2 Å². The first-order valence-electron chi connectivity index (χ1n) is 11.9. The maximum absolute atomic E-state index is 12.8. The SMILES string of the molecule is COc1ccc(C(=O)CC=Nc2cc(/C=C\c3cc(OC)c(OC)c(OC)c3)cc(OC)c2OC)cc1OC. The minimum absolute atomic E-state index is 0.0759. The highest BCUT2D eigenvalue weighted by atomic mass is 16.5. The monoisotopic (exact) mass is 535 g/mol. The van der Waals surface area contributed by atoms with Crippen molar-refractivity contribution < 1.29 is 38.0 Å². The molecule has 0 aliphatic rings. The third-order valence-electron chi connectivity index (χ3n) is 5.85. The minimum atomic E-state index is -0.121. The standard InChI is InChI=1S/C30H33NO8/c1-33-24-11-10-21(18-25(24)34-2)23(32)12-13-31-22-14-19(15-26(35-3)29(22)38-6)8-9-20-16-27(36-4)30(39-7)28(17-20)37-5/h8-11,13-18H,12H2,1-7H3/b9-8-,31-13?. The van der Waals surface area contributed by atoms with E-state index in [1.165, 1.54) is 14.2 Å². The molecule has 0 fully saturated rings. The lowest BCUT2D eigenvalue weighted by atomic mass is 10.1. The lowest BCUT2D eigenvalue weighted by molar-refractivity contribution is 0.100. The Labute approximate surface area is 228 Å². The summed E-state index contributed by atoms with van der Waals surface area (Å²) in [6.45, 7) is 0. The fourth-order valence-corrected chi connectivity index (χ4v) is 3.90. The summed E-state index contributed by atoms with van der Waals surface area (Å²) in [6.07, 6.45) is 5.42. The van der Waals surface area contributed by atoms with Gasteiger partial charge >= 0.3 is 0 Å². The summed E-state index contributed by atoms with van der Waals surface area (Å²) in [5, 5.41) is 0. The van der Waals surface area contributed by atoms with E-state index in [0.717, 1.165) is 11.1 Å². The fraction of sp³-hybridized carbons (Fsp3) is 0.267. The molecule has 0 unspecified atom stereocenters. The van der Waals surface area contributed by atoms with Crippen LogP contribution in [0, 0.1) is 0 Å². The molecule has 0 aliphatic heterocycles. The number of hydrogen-bond donors (Lipinski definition) is 0. The van der Waals surface area contributed by atoms with Gasteiger partial charge in [0.15, 0.2) is 40.3 Å². The van der Waals surface area contributed by atoms with E-state index >= 15 is 0 Å². The summed E-state index contributed by atoms with van der Waals surface area (Å²) in [5.74, 6) is 3.49. The first kappa shape index (κ1) is 28.9. The molecule has 3 rings (SSSR count). The topological polar surface area (TPSA) is 94.0 Å². The van der Waals surface area contributed by atoms with E-state index in [-0.39, 0.29) is 12.2 Å². The molecular formula is C30H33NO8. The maximum Gasteiger partial charge on any atom is 0.203 e. The predicted octanol–water partition coefficient (Wildman–Crippen LogP) is 5.89. The number of nitrogens with zero attached hydrogens (tertiary/aromatic N) is 1. The summed E-state index contributed by atoms with van der Waals surface area (Å²) in [6, 6.07) is 12.4. The second kappa shape index (κ2) is 13.8. The Morgan fingerprint density at radius 3 is 1.64 bits per heavy atom. The van der Waals surface area contributed by atoms with Crippen LogP contribution in [0.4, 0.5) is 5.69 Å². The van der Waals surface area contributed by atoms with Crippen LogP contribution in [0.25, 0.3) is 12.2 Å². The predicted molar refractivity (Wildman–Crippen MR) is 151 cm³/mol. The van der Waals surface area contributed by atoms with Gasteiger partial charge < -0.3 is 33.2 Å². The molecule has 3 aromatic rings. The largest absolute Gasteiger partial charge is 0.493 e. The highest BCUT2D eigenvalue weighted by molar-refractivity contribution is 6.04. The van der Waals surface area contributed by atoms with Crippen LogP contribution < -0.4 is 33.2 Å². The zero-order valence-electron chi connectivity index (χ0n) is 23.2. The van der Waals surface area contributed by atoms with Crippen LogP contribution in [-0.2, 0) is 0 Å². The smallest absolute Gasteiger partial charge is 0.203 e. The average Bonchev–Trinajstić information content (AvgIpc) is 2.98. The molecule has 0 heterocycles. The first-order valence-corrected chi connectivity index (χ1v) is 11.9. The average molecular weight is 536 g/mol. The lowest BCUT2D eigenvalue weighted by Crippen LogP contribution is -2.01. The Morgan fingerprint density at radius 2 is 1.13 bits per heavy atom. The summed E-state index contributed by atoms with van der Waals surface area (Å²) in [5.41, 5.74) is 2.65. The van der Waals surface area contributed by atoms with Crippen molar-refractivity contribution in [2.45, 2.75) is 6.42 Å². The van der Waals surface area contributed by atoms with E-state index in [4.69, 9.17) is 33.2 Å². The van der Waals surface area contributed by atoms with Crippen LogP contribution in [0.2, 0.25) is 0 Å². The summed E-state index contributed by atoms with van der Waals surface area (Å²) >= 11 is 0. The minimum Gasteiger partial charge on any atom is -0.493 e. The number of hydrogen-bond acceptors (Lipinski definition) is 9. The first-order chi connectivity index (χ1) is 18.9. The van der Waals surface area contributed by atoms with Crippen molar-refractivity contribution in [3.05, 3.63) is 59.2 Å². The van der Waals surface area contributed by atoms with Crippen molar-refractivity contribution in [2.24, 2.45) is 4.99 Å². The van der Waals surface area contributed by atoms with Gasteiger partial charge in [0.1, 0.15) is 5.69 Å². The van der Waals surface area contributed by atoms with E-state index in [9.17, 15) is 4.79 Å². The van der Waals surface area contributed by atoms with Crippen molar-refractivity contribution in [1.82, 2.24) is 0 Å². The van der Waals surface area contributed by atoms with Crippen LogP contribution in [0.3, 0.4) is 0 Å². The van der Waals surface area contributed by atoms with Gasteiger partial charge in [-0.25, -0.2) is 0 Å². The van der Waals surface area contributed by atoms with Crippen LogP contribution in [0.1, 0.15) is 27.9 Å². The van der Waals surface area contributed by atoms with Gasteiger partial charge in [-0.3, -0.25) is 9.79 Å². The van der Waals surface area contributed by atoms with Crippen molar-refractivity contribution >= 4 is 29.8 Å². The van der Waals surface area contributed by atoms with E-state index in [2.05, 4.69) is 4.99 Å². The summed E-state index contributed by atoms with van der Waals surface area (Å²) in [4.78, 5) is 17.3. The molecule has 0 N–H and O–H groups in total. The van der Waals surface area contributed by atoms with E-state index in [1.807, 2.05) is 36.4 Å². The molecule has 0 atom stereocenters. The molecule has 0 aliphatic carbocycles. The molecule has 9 heteroatoms. The van der Waals surface area contributed by atoms with Gasteiger partial charge in [0.2, 0.25) is 5.75 Å². The van der Waals surface area contributed by atoms with Crippen molar-refractivity contribution in [1.29, 1.82) is 0 Å². The number of ether oxygens (including phenoxy) is 7. The van der Waals surface area contributed by atoms with Crippen molar-refractivity contribution in [3.63, 3.8) is 0 Å². The third-order valence-corrected chi connectivity index (χ3v) is 5.85. The number of carbonyl (C=O) groups is 1. The molecule has 0 amide bonds. The number of aliphatic imine (C=N–C) groups is 1. The zero-order valence-corrected chi connectivity index (χ0v) is 23.2. The number of Topliss-reactive ketones (excluding diaryl/α,β-unsaturated/α-hetero) is 1. The lowest BCUT2D eigenvalue weighted by Gasteiger charge is -2.13. The highest BCUT2D eigenvalue weighted by Crippen LogP contribution is 2.40. The van der Waals surface area contributed by atoms with Crippen LogP contribution in [0.15, 0.2) is 47.5 Å². The van der Waals surface area contributed by atoms with Gasteiger partial charge in [0.25, 0.3) is 0 Å². The molecule has 9 nitrogen and oxygen atoms in total. The summed E-state index contributed by atoms with van der Waals surface area (Å²) in [7, 11) is 10.9. The van der Waals surface area contributed by atoms with Gasteiger partial charge in [-0.05, 0) is 53.6 Å². The number of methoxy groups -OCH3 is 7. The quantitative estimate of drug-likeness (QED) is 0.152. The number of rotatable bonds is 13. The Bertz CT molecular complexity index is 1340. The Morgan fingerprint density at radius 1 is 0.615 bits per heavy atom. The highest BCUT2D eigenvalue weighted by Gasteiger charge is 2.14. The van der Waals surface area contributed by atoms with Gasteiger partial charge in [-0.1, -0.05) is 12.2 Å². The van der Waals surface area contributed by atoms with E-state index in [1.54, 1.807) is 60.0 Å². The van der Waals surface area contributed by atoms with Gasteiger partial charge in [-0.15, -0.1) is 0 Å². The normalized spacial score (nSPS) is 10.9. The van der Waals surface area contributed by atoms with E-state index < -0.39 is 0 Å². The molecule has 0 spiro atoms. The third kappa shape index (κ3) is 6.81. The fourth-order valence-electron chi connectivity index (χ4n) is 3.90. The second-order valence-electron chi connectivity index (χ2n) is 8.08. The zero-order chi connectivity index (χ0) is 28.4. The Hall–Kier alpha value is -4.66. The Balaban J connectivity index is 1.89. The Kier molecular flexibility index (Phi) is 10.2. The number of carbonyl (C=O) groups excluding carboxylic acids is 1. The van der Waals surface area contributed by atoms with Crippen molar-refractivity contribution in [3.8, 4) is 40.2 Å². The number of ketones is 1. The molecule has 39 heavy (non-hydrogen) atoms. The maximum atomic E-state index is 12.8. The van der Waals surface area contributed by atoms with Crippen LogP contribution >= 0.6 is 0 Å². The van der Waals surface area contributed by atoms with Crippen LogP contribution in [0.5, 0.6) is 40.2 Å². The van der Waals surface area contributed by atoms with E-state index in [0.29, 0.717) is 51.5 Å². The molecule has 206 valence electrons.